The second-order valence-electron chi connectivity index (χ2n) is 4.44. The smallest absolute Gasteiger partial charge is 0.0742 e. The minimum Gasteiger partial charge on any atom is -0.253 e. The molecule has 0 saturated heterocycles. The van der Waals surface area contributed by atoms with E-state index in [9.17, 15) is 0 Å². The van der Waals surface area contributed by atoms with Gasteiger partial charge in [0.05, 0.1) is 5.52 Å². The van der Waals surface area contributed by atoms with E-state index in [1.165, 1.54) is 33.2 Å². The predicted molar refractivity (Wildman–Crippen MR) is 65.4 cm³/mol. The third kappa shape index (κ3) is 1.52. The summed E-state index contributed by atoms with van der Waals surface area (Å²) in [6.45, 7) is 10.7. The van der Waals surface area contributed by atoms with Crippen molar-refractivity contribution in [3.63, 3.8) is 0 Å². The lowest BCUT2D eigenvalue weighted by atomic mass is 9.97. The summed E-state index contributed by atoms with van der Waals surface area (Å²) in [7, 11) is 0. The highest BCUT2D eigenvalue weighted by molar-refractivity contribution is 5.89. The van der Waals surface area contributed by atoms with Crippen molar-refractivity contribution >= 4 is 10.9 Å². The van der Waals surface area contributed by atoms with Gasteiger partial charge in [-0.25, -0.2) is 0 Å². The number of aryl methyl sites for hydroxylation is 5. The maximum absolute atomic E-state index is 4.66. The maximum atomic E-state index is 4.66. The van der Waals surface area contributed by atoms with Crippen LogP contribution >= 0.6 is 0 Å². The van der Waals surface area contributed by atoms with E-state index in [-0.39, 0.29) is 0 Å². The van der Waals surface area contributed by atoms with Gasteiger partial charge in [0.2, 0.25) is 0 Å². The van der Waals surface area contributed by atoms with Gasteiger partial charge in [-0.3, -0.25) is 4.98 Å². The summed E-state index contributed by atoms with van der Waals surface area (Å²) < 4.78 is 0. The van der Waals surface area contributed by atoms with Crippen molar-refractivity contribution in [2.24, 2.45) is 0 Å². The summed E-state index contributed by atoms with van der Waals surface area (Å²) in [6.07, 6.45) is 0. The molecule has 0 aliphatic rings. The van der Waals surface area contributed by atoms with Gasteiger partial charge in [-0.1, -0.05) is 6.07 Å². The molecule has 0 radical (unpaired) electrons. The Kier molecular flexibility index (Phi) is 2.26. The molecule has 0 N–H and O–H groups in total. The molecule has 1 nitrogen and oxygen atoms in total. The minimum absolute atomic E-state index is 1.10. The van der Waals surface area contributed by atoms with Crippen LogP contribution in [0.3, 0.4) is 0 Å². The van der Waals surface area contributed by atoms with Crippen LogP contribution in [-0.2, 0) is 0 Å². The number of rotatable bonds is 0. The molecule has 2 rings (SSSR count). The maximum Gasteiger partial charge on any atom is 0.0742 e. The molecule has 0 saturated carbocycles. The molecule has 0 aliphatic heterocycles. The first kappa shape index (κ1) is 10.2. The molecule has 0 fully saturated rings. The lowest BCUT2D eigenvalue weighted by molar-refractivity contribution is 1.20. The van der Waals surface area contributed by atoms with Gasteiger partial charge in [-0.2, -0.15) is 0 Å². The highest BCUT2D eigenvalue weighted by Crippen LogP contribution is 2.26. The van der Waals surface area contributed by atoms with E-state index in [0.29, 0.717) is 0 Å². The van der Waals surface area contributed by atoms with E-state index in [2.05, 4.69) is 51.7 Å². The second kappa shape index (κ2) is 3.34. The van der Waals surface area contributed by atoms with Crippen LogP contribution in [0.25, 0.3) is 10.9 Å². The normalized spacial score (nSPS) is 11.0. The van der Waals surface area contributed by atoms with Gasteiger partial charge in [0, 0.05) is 11.1 Å². The van der Waals surface area contributed by atoms with E-state index in [1.807, 2.05) is 0 Å². The molecular weight excluding hydrogens is 182 g/mol. The Morgan fingerprint density at radius 3 is 2.07 bits per heavy atom. The quantitative estimate of drug-likeness (QED) is 0.629. The van der Waals surface area contributed by atoms with Crippen LogP contribution in [0.1, 0.15) is 27.9 Å². The molecule has 0 atom stereocenters. The van der Waals surface area contributed by atoms with Gasteiger partial charge in [0.15, 0.2) is 0 Å². The number of benzene rings is 1. The highest BCUT2D eigenvalue weighted by atomic mass is 14.7. The van der Waals surface area contributed by atoms with E-state index >= 15 is 0 Å². The summed E-state index contributed by atoms with van der Waals surface area (Å²) in [5.74, 6) is 0. The predicted octanol–water partition coefficient (Wildman–Crippen LogP) is 3.78. The molecule has 0 amide bonds. The summed E-state index contributed by atoms with van der Waals surface area (Å²) >= 11 is 0. The minimum atomic E-state index is 1.10. The molecule has 78 valence electrons. The Hall–Kier alpha value is -1.37. The Bertz CT molecular complexity index is 531. The molecule has 0 spiro atoms. The van der Waals surface area contributed by atoms with E-state index in [1.54, 1.807) is 0 Å². The van der Waals surface area contributed by atoms with Crippen LogP contribution in [0.5, 0.6) is 0 Å². The van der Waals surface area contributed by atoms with Crippen molar-refractivity contribution in [2.75, 3.05) is 0 Å². The van der Waals surface area contributed by atoms with Gasteiger partial charge in [0.1, 0.15) is 0 Å². The fourth-order valence-electron chi connectivity index (χ4n) is 2.30. The fourth-order valence-corrected chi connectivity index (χ4v) is 2.30. The van der Waals surface area contributed by atoms with Crippen LogP contribution < -0.4 is 0 Å². The van der Waals surface area contributed by atoms with Gasteiger partial charge in [-0.05, 0) is 62.9 Å². The molecule has 1 aromatic heterocycles. The number of hydrogen-bond acceptors (Lipinski definition) is 1. The van der Waals surface area contributed by atoms with Crippen molar-refractivity contribution < 1.29 is 0 Å². The standard InChI is InChI=1S/C14H17N/c1-8-6-9(2)13-10(3)7-11(4)15-14(13)12(8)5/h6-7H,1-5H3. The van der Waals surface area contributed by atoms with E-state index in [0.717, 1.165) is 5.69 Å². The molecule has 1 heterocycles. The third-order valence-corrected chi connectivity index (χ3v) is 3.12. The molecule has 2 aromatic rings. The van der Waals surface area contributed by atoms with Gasteiger partial charge in [-0.15, -0.1) is 0 Å². The van der Waals surface area contributed by atoms with E-state index < -0.39 is 0 Å². The first-order valence-electron chi connectivity index (χ1n) is 5.35. The fraction of sp³-hybridized carbons (Fsp3) is 0.357. The first-order chi connectivity index (χ1) is 7.00. The Balaban J connectivity index is 3.02. The zero-order valence-corrected chi connectivity index (χ0v) is 10.1. The topological polar surface area (TPSA) is 12.9 Å². The number of aromatic nitrogens is 1. The second-order valence-corrected chi connectivity index (χ2v) is 4.44. The average Bonchev–Trinajstić information content (AvgIpc) is 2.12. The zero-order valence-electron chi connectivity index (χ0n) is 10.1. The highest BCUT2D eigenvalue weighted by Gasteiger charge is 2.08. The Morgan fingerprint density at radius 1 is 0.800 bits per heavy atom. The number of nitrogens with zero attached hydrogens (tertiary/aromatic N) is 1. The lowest BCUT2D eigenvalue weighted by Gasteiger charge is -2.11. The molecule has 0 unspecified atom stereocenters. The van der Waals surface area contributed by atoms with Gasteiger partial charge in [0.25, 0.3) is 0 Å². The number of pyridine rings is 1. The van der Waals surface area contributed by atoms with E-state index in [4.69, 9.17) is 0 Å². The average molecular weight is 199 g/mol. The van der Waals surface area contributed by atoms with Crippen molar-refractivity contribution in [1.82, 2.24) is 4.98 Å². The molecule has 15 heavy (non-hydrogen) atoms. The van der Waals surface area contributed by atoms with Crippen molar-refractivity contribution in [1.29, 1.82) is 0 Å². The molecule has 1 heteroatoms. The van der Waals surface area contributed by atoms with Crippen molar-refractivity contribution in [2.45, 2.75) is 34.6 Å². The molecular formula is C14H17N. The molecule has 1 aromatic carbocycles. The Morgan fingerprint density at radius 2 is 1.40 bits per heavy atom. The van der Waals surface area contributed by atoms with Crippen LogP contribution in [0.4, 0.5) is 0 Å². The van der Waals surface area contributed by atoms with Gasteiger partial charge >= 0.3 is 0 Å². The summed E-state index contributed by atoms with van der Waals surface area (Å²) in [5, 5.41) is 1.32. The van der Waals surface area contributed by atoms with Crippen LogP contribution in [0.15, 0.2) is 12.1 Å². The summed E-state index contributed by atoms with van der Waals surface area (Å²) in [5.41, 5.74) is 7.58. The van der Waals surface area contributed by atoms with Crippen molar-refractivity contribution in [3.8, 4) is 0 Å². The van der Waals surface area contributed by atoms with Crippen LogP contribution in [-0.4, -0.2) is 4.98 Å². The summed E-state index contributed by atoms with van der Waals surface area (Å²) in [6, 6.07) is 4.41. The largest absolute Gasteiger partial charge is 0.253 e. The van der Waals surface area contributed by atoms with Crippen LogP contribution in [0.2, 0.25) is 0 Å². The first-order valence-corrected chi connectivity index (χ1v) is 5.35. The Labute approximate surface area is 91.2 Å². The van der Waals surface area contributed by atoms with Crippen molar-refractivity contribution in [3.05, 3.63) is 40.1 Å². The lowest BCUT2D eigenvalue weighted by Crippen LogP contribution is -1.95. The number of fused-ring (bicyclic) bond motifs is 1. The van der Waals surface area contributed by atoms with Gasteiger partial charge < -0.3 is 0 Å². The zero-order chi connectivity index (χ0) is 11.2. The third-order valence-electron chi connectivity index (χ3n) is 3.12. The SMILES string of the molecule is Cc1cc(C)c2c(C)cc(C)c(C)c2n1. The molecule has 0 bridgehead atoms. The number of hydrogen-bond donors (Lipinski definition) is 0. The molecule has 0 aliphatic carbocycles. The summed E-state index contributed by atoms with van der Waals surface area (Å²) in [4.78, 5) is 4.66. The van der Waals surface area contributed by atoms with Crippen LogP contribution in [0, 0.1) is 34.6 Å². The monoisotopic (exact) mass is 199 g/mol.